The maximum absolute atomic E-state index is 10.7. The molecule has 0 bridgehead atoms. The molecule has 0 spiro atoms. The largest absolute Gasteiger partial charge is 0.481 e. The molecule has 2 N–H and O–H groups in total. The zero-order valence-electron chi connectivity index (χ0n) is 21.9. The lowest BCUT2D eigenvalue weighted by Gasteiger charge is -2.40. The topological polar surface area (TPSA) is 66.8 Å². The zero-order chi connectivity index (χ0) is 24.4. The first-order valence-electron chi connectivity index (χ1n) is 12.8. The Bertz CT molecular complexity index is 632. The monoisotopic (exact) mass is 466 g/mol. The van der Waals surface area contributed by atoms with Gasteiger partial charge in [0.15, 0.2) is 8.32 Å². The van der Waals surface area contributed by atoms with Crippen molar-refractivity contribution < 1.29 is 19.4 Å². The summed E-state index contributed by atoms with van der Waals surface area (Å²) in [5, 5.41) is 19.7. The average molecular weight is 467 g/mol. The number of unbranched alkanes of at least 4 members (excludes halogenated alkanes) is 3. The number of allylic oxidation sites excluding steroid dienone is 2. The van der Waals surface area contributed by atoms with Crippen LogP contribution >= 0.6 is 0 Å². The van der Waals surface area contributed by atoms with Crippen molar-refractivity contribution in [3.63, 3.8) is 0 Å². The van der Waals surface area contributed by atoms with Gasteiger partial charge in [-0.05, 0) is 63.1 Å². The number of carboxylic acids is 1. The van der Waals surface area contributed by atoms with E-state index in [0.29, 0.717) is 6.42 Å². The summed E-state index contributed by atoms with van der Waals surface area (Å²) < 4.78 is 6.84. The van der Waals surface area contributed by atoms with Gasteiger partial charge >= 0.3 is 5.97 Å². The molecule has 1 aliphatic carbocycles. The summed E-state index contributed by atoms with van der Waals surface area (Å²) in [6.45, 7) is 16.0. The molecule has 0 aliphatic heterocycles. The maximum atomic E-state index is 10.7. The van der Waals surface area contributed by atoms with Gasteiger partial charge in [-0.1, -0.05) is 77.7 Å². The Kier molecular flexibility index (Phi) is 11.9. The van der Waals surface area contributed by atoms with Gasteiger partial charge in [0.1, 0.15) is 0 Å². The highest BCUT2D eigenvalue weighted by atomic mass is 28.4. The Morgan fingerprint density at radius 2 is 1.94 bits per heavy atom. The molecule has 32 heavy (non-hydrogen) atoms. The standard InChI is InChI=1S/C27H50O4Si/c1-8-9-12-15-23(31-32(6,7)26(2,3)4)19-17-22-18-20-24(28)27(22,5)21-14-11-10-13-16-25(29)30/h11,14,18,23-24,28H,8-10,12-13,15-17,19-21H2,1-7H3,(H,29,30)/b14-11-/t23?,24-,27+/m0/s1. The number of aliphatic hydroxyl groups excluding tert-OH is 1. The lowest BCUT2D eigenvalue weighted by Crippen LogP contribution is -2.44. The van der Waals surface area contributed by atoms with E-state index in [0.717, 1.165) is 38.5 Å². The molecule has 186 valence electrons. The lowest BCUT2D eigenvalue weighted by molar-refractivity contribution is -0.137. The van der Waals surface area contributed by atoms with E-state index in [4.69, 9.17) is 9.53 Å². The summed E-state index contributed by atoms with van der Waals surface area (Å²) in [6.07, 6.45) is 16.4. The molecule has 1 rings (SSSR count). The average Bonchev–Trinajstić information content (AvgIpc) is 2.95. The van der Waals surface area contributed by atoms with Gasteiger partial charge in [-0.2, -0.15) is 0 Å². The van der Waals surface area contributed by atoms with Gasteiger partial charge in [-0.15, -0.1) is 0 Å². The summed E-state index contributed by atoms with van der Waals surface area (Å²) in [5.41, 5.74) is 1.13. The summed E-state index contributed by atoms with van der Waals surface area (Å²) in [5.74, 6) is -0.741. The minimum Gasteiger partial charge on any atom is -0.481 e. The van der Waals surface area contributed by atoms with Gasteiger partial charge in [0.2, 0.25) is 0 Å². The Labute approximate surface area is 198 Å². The molecule has 3 atom stereocenters. The summed E-state index contributed by atoms with van der Waals surface area (Å²) >= 11 is 0. The van der Waals surface area contributed by atoms with Gasteiger partial charge in [0.05, 0.1) is 6.10 Å². The van der Waals surface area contributed by atoms with Gasteiger partial charge in [-0.3, -0.25) is 4.79 Å². The van der Waals surface area contributed by atoms with Crippen LogP contribution in [0.2, 0.25) is 18.1 Å². The summed E-state index contributed by atoms with van der Waals surface area (Å²) in [6, 6.07) is 0. The van der Waals surface area contributed by atoms with E-state index < -0.39 is 14.3 Å². The van der Waals surface area contributed by atoms with Crippen LogP contribution in [0.1, 0.15) is 105 Å². The molecule has 0 heterocycles. The highest BCUT2D eigenvalue weighted by Crippen LogP contribution is 2.45. The van der Waals surface area contributed by atoms with Gasteiger partial charge < -0.3 is 14.6 Å². The van der Waals surface area contributed by atoms with Crippen molar-refractivity contribution in [3.05, 3.63) is 23.8 Å². The fourth-order valence-electron chi connectivity index (χ4n) is 4.23. The first kappa shape index (κ1) is 29.1. The van der Waals surface area contributed by atoms with Crippen LogP contribution in [0, 0.1) is 5.41 Å². The minimum atomic E-state index is -1.82. The third-order valence-electron chi connectivity index (χ3n) is 7.66. The van der Waals surface area contributed by atoms with Crippen molar-refractivity contribution in [2.45, 2.75) is 136 Å². The van der Waals surface area contributed by atoms with Gasteiger partial charge in [0.25, 0.3) is 0 Å². The van der Waals surface area contributed by atoms with Crippen molar-refractivity contribution in [1.82, 2.24) is 0 Å². The minimum absolute atomic E-state index is 0.207. The Morgan fingerprint density at radius 1 is 1.25 bits per heavy atom. The first-order valence-corrected chi connectivity index (χ1v) is 15.7. The molecule has 4 nitrogen and oxygen atoms in total. The smallest absolute Gasteiger partial charge is 0.303 e. The van der Waals surface area contributed by atoms with E-state index in [2.05, 4.69) is 65.9 Å². The van der Waals surface area contributed by atoms with Crippen LogP contribution in [0.4, 0.5) is 0 Å². The van der Waals surface area contributed by atoms with E-state index in [1.165, 1.54) is 24.8 Å². The van der Waals surface area contributed by atoms with Gasteiger partial charge in [-0.25, -0.2) is 0 Å². The van der Waals surface area contributed by atoms with Crippen molar-refractivity contribution in [3.8, 4) is 0 Å². The fourth-order valence-corrected chi connectivity index (χ4v) is 5.65. The molecule has 1 unspecified atom stereocenters. The second kappa shape index (κ2) is 13.1. The molecule has 0 amide bonds. The molecule has 5 heteroatoms. The predicted molar refractivity (Wildman–Crippen MR) is 138 cm³/mol. The molecule has 0 aromatic heterocycles. The molecular formula is C27H50O4Si. The van der Waals surface area contributed by atoms with E-state index in [-0.39, 0.29) is 29.1 Å². The van der Waals surface area contributed by atoms with Crippen molar-refractivity contribution in [2.24, 2.45) is 5.41 Å². The number of rotatable bonds is 15. The zero-order valence-corrected chi connectivity index (χ0v) is 22.9. The van der Waals surface area contributed by atoms with Crippen LogP contribution in [0.3, 0.4) is 0 Å². The second-order valence-corrected chi connectivity index (χ2v) is 16.2. The molecule has 0 fully saturated rings. The maximum Gasteiger partial charge on any atom is 0.303 e. The fraction of sp³-hybridized carbons (Fsp3) is 0.815. The van der Waals surface area contributed by atoms with Crippen LogP contribution in [-0.4, -0.2) is 36.7 Å². The molecular weight excluding hydrogens is 416 g/mol. The van der Waals surface area contributed by atoms with Crippen LogP contribution in [0.25, 0.3) is 0 Å². The number of aliphatic hydroxyl groups is 1. The highest BCUT2D eigenvalue weighted by molar-refractivity contribution is 6.74. The lowest BCUT2D eigenvalue weighted by atomic mass is 9.76. The van der Waals surface area contributed by atoms with Crippen molar-refractivity contribution in [1.29, 1.82) is 0 Å². The predicted octanol–water partition coefficient (Wildman–Crippen LogP) is 7.64. The number of hydrogen-bond acceptors (Lipinski definition) is 3. The van der Waals surface area contributed by atoms with Crippen LogP contribution < -0.4 is 0 Å². The highest BCUT2D eigenvalue weighted by Gasteiger charge is 2.41. The molecule has 0 aromatic rings. The Morgan fingerprint density at radius 3 is 2.53 bits per heavy atom. The second-order valence-electron chi connectivity index (χ2n) is 11.4. The number of carbonyl (C=O) groups is 1. The molecule has 0 saturated heterocycles. The van der Waals surface area contributed by atoms with E-state index in [9.17, 15) is 9.90 Å². The normalized spacial score (nSPS) is 23.0. The molecule has 1 aliphatic rings. The molecule has 0 aromatic carbocycles. The van der Waals surface area contributed by atoms with Crippen molar-refractivity contribution in [2.75, 3.05) is 0 Å². The van der Waals surface area contributed by atoms with Crippen LogP contribution in [0.5, 0.6) is 0 Å². The number of carboxylic acid groups (broad SMARTS) is 1. The SMILES string of the molecule is CCCCCC(CCC1=CC[C@H](O)[C@]1(C)C/C=C\CCCC(=O)O)O[Si](C)(C)C(C)(C)C. The Hall–Kier alpha value is -0.913. The van der Waals surface area contributed by atoms with Crippen LogP contribution in [-0.2, 0) is 9.22 Å². The van der Waals surface area contributed by atoms with Crippen LogP contribution in [0.15, 0.2) is 23.8 Å². The third-order valence-corrected chi connectivity index (χ3v) is 12.2. The number of hydrogen-bond donors (Lipinski definition) is 2. The Balaban J connectivity index is 2.74. The molecule has 0 saturated carbocycles. The quantitative estimate of drug-likeness (QED) is 0.148. The van der Waals surface area contributed by atoms with Crippen molar-refractivity contribution >= 4 is 14.3 Å². The molecule has 0 radical (unpaired) electrons. The van der Waals surface area contributed by atoms with E-state index in [1.54, 1.807) is 0 Å². The third kappa shape index (κ3) is 9.15. The number of aliphatic carboxylic acids is 1. The van der Waals surface area contributed by atoms with Gasteiger partial charge in [0, 0.05) is 17.9 Å². The first-order chi connectivity index (χ1) is 14.8. The summed E-state index contributed by atoms with van der Waals surface area (Å²) in [7, 11) is -1.82. The summed E-state index contributed by atoms with van der Waals surface area (Å²) in [4.78, 5) is 10.7. The van der Waals surface area contributed by atoms with E-state index >= 15 is 0 Å². The van der Waals surface area contributed by atoms with E-state index in [1.807, 2.05) is 0 Å².